The standard InChI is InChI=1S/C16H26N2OS/c1-3-7-14-18-12(2)15(20-14)16(19)17-11-6-10-13-8-4-5-9-13/h13H,3-11H2,1-2H3,(H,17,19). The van der Waals surface area contributed by atoms with Crippen molar-refractivity contribution in [3.05, 3.63) is 15.6 Å². The fourth-order valence-electron chi connectivity index (χ4n) is 2.96. The second-order valence-electron chi connectivity index (χ2n) is 5.82. The molecule has 0 aromatic carbocycles. The van der Waals surface area contributed by atoms with Crippen molar-refractivity contribution in [2.45, 2.75) is 65.2 Å². The number of carbonyl (C=O) groups is 1. The number of aryl methyl sites for hydroxylation is 2. The van der Waals surface area contributed by atoms with Crippen molar-refractivity contribution in [1.29, 1.82) is 0 Å². The lowest BCUT2D eigenvalue weighted by molar-refractivity contribution is 0.0955. The van der Waals surface area contributed by atoms with Crippen molar-refractivity contribution in [3.63, 3.8) is 0 Å². The first-order valence-electron chi connectivity index (χ1n) is 7.95. The predicted molar refractivity (Wildman–Crippen MR) is 84.4 cm³/mol. The van der Waals surface area contributed by atoms with Crippen LogP contribution in [0.3, 0.4) is 0 Å². The van der Waals surface area contributed by atoms with E-state index in [2.05, 4.69) is 17.2 Å². The normalized spacial score (nSPS) is 15.7. The summed E-state index contributed by atoms with van der Waals surface area (Å²) in [5.74, 6) is 0.974. The molecule has 1 aromatic rings. The maximum atomic E-state index is 12.1. The van der Waals surface area contributed by atoms with Gasteiger partial charge in [0, 0.05) is 6.54 Å². The Bertz CT molecular complexity index is 436. The number of hydrogen-bond donors (Lipinski definition) is 1. The molecule has 0 bridgehead atoms. The van der Waals surface area contributed by atoms with Crippen LogP contribution in [-0.2, 0) is 6.42 Å². The molecule has 0 aliphatic heterocycles. The Kier molecular flexibility index (Phi) is 6.02. The van der Waals surface area contributed by atoms with E-state index in [1.165, 1.54) is 32.1 Å². The van der Waals surface area contributed by atoms with Crippen molar-refractivity contribution in [1.82, 2.24) is 10.3 Å². The highest BCUT2D eigenvalue weighted by Crippen LogP contribution is 2.28. The number of rotatable bonds is 7. The summed E-state index contributed by atoms with van der Waals surface area (Å²) in [4.78, 5) is 17.4. The van der Waals surface area contributed by atoms with E-state index in [1.54, 1.807) is 11.3 Å². The van der Waals surface area contributed by atoms with Gasteiger partial charge in [0.2, 0.25) is 0 Å². The van der Waals surface area contributed by atoms with Crippen LogP contribution in [0.15, 0.2) is 0 Å². The molecule has 1 aliphatic rings. The van der Waals surface area contributed by atoms with Crippen LogP contribution < -0.4 is 5.32 Å². The molecule has 2 rings (SSSR count). The van der Waals surface area contributed by atoms with E-state index in [0.717, 1.165) is 47.3 Å². The van der Waals surface area contributed by atoms with Crippen LogP contribution in [0, 0.1) is 12.8 Å². The minimum atomic E-state index is 0.0637. The van der Waals surface area contributed by atoms with Crippen LogP contribution >= 0.6 is 11.3 Å². The van der Waals surface area contributed by atoms with Crippen molar-refractivity contribution >= 4 is 17.2 Å². The van der Waals surface area contributed by atoms with E-state index < -0.39 is 0 Å². The van der Waals surface area contributed by atoms with E-state index in [-0.39, 0.29) is 5.91 Å². The fraction of sp³-hybridized carbons (Fsp3) is 0.750. The van der Waals surface area contributed by atoms with Gasteiger partial charge in [-0.3, -0.25) is 4.79 Å². The topological polar surface area (TPSA) is 42.0 Å². The smallest absolute Gasteiger partial charge is 0.263 e. The zero-order chi connectivity index (χ0) is 14.4. The summed E-state index contributed by atoms with van der Waals surface area (Å²) < 4.78 is 0. The van der Waals surface area contributed by atoms with Gasteiger partial charge in [0.15, 0.2) is 0 Å². The highest BCUT2D eigenvalue weighted by Gasteiger charge is 2.16. The highest BCUT2D eigenvalue weighted by atomic mass is 32.1. The van der Waals surface area contributed by atoms with Crippen LogP contribution in [0.1, 0.15) is 72.2 Å². The van der Waals surface area contributed by atoms with E-state index >= 15 is 0 Å². The molecule has 1 heterocycles. The lowest BCUT2D eigenvalue weighted by atomic mass is 10.0. The van der Waals surface area contributed by atoms with Gasteiger partial charge in [-0.15, -0.1) is 11.3 Å². The molecule has 20 heavy (non-hydrogen) atoms. The Hall–Kier alpha value is -0.900. The van der Waals surface area contributed by atoms with Crippen LogP contribution in [0.4, 0.5) is 0 Å². The molecule has 4 heteroatoms. The number of amides is 1. The minimum absolute atomic E-state index is 0.0637. The molecule has 3 nitrogen and oxygen atoms in total. The lowest BCUT2D eigenvalue weighted by Crippen LogP contribution is -2.24. The fourth-order valence-corrected chi connectivity index (χ4v) is 4.04. The van der Waals surface area contributed by atoms with Gasteiger partial charge in [-0.2, -0.15) is 0 Å². The zero-order valence-corrected chi connectivity index (χ0v) is 13.5. The third-order valence-corrected chi connectivity index (χ3v) is 5.28. The van der Waals surface area contributed by atoms with E-state index in [1.807, 2.05) is 6.92 Å². The first-order chi connectivity index (χ1) is 9.70. The molecule has 0 spiro atoms. The maximum absolute atomic E-state index is 12.1. The molecular formula is C16H26N2OS. The number of aromatic nitrogens is 1. The summed E-state index contributed by atoms with van der Waals surface area (Å²) in [7, 11) is 0. The second kappa shape index (κ2) is 7.77. The Morgan fingerprint density at radius 1 is 1.40 bits per heavy atom. The molecular weight excluding hydrogens is 268 g/mol. The molecule has 1 fully saturated rings. The van der Waals surface area contributed by atoms with Crippen molar-refractivity contribution in [2.24, 2.45) is 5.92 Å². The van der Waals surface area contributed by atoms with E-state index in [4.69, 9.17) is 0 Å². The van der Waals surface area contributed by atoms with Gasteiger partial charge in [-0.25, -0.2) is 4.98 Å². The molecule has 112 valence electrons. The third-order valence-electron chi connectivity index (χ3n) is 4.06. The van der Waals surface area contributed by atoms with Gasteiger partial charge in [-0.05, 0) is 38.5 Å². The van der Waals surface area contributed by atoms with E-state index in [9.17, 15) is 4.79 Å². The average Bonchev–Trinajstić information content (AvgIpc) is 3.05. The van der Waals surface area contributed by atoms with Gasteiger partial charge < -0.3 is 5.32 Å². The number of nitrogens with one attached hydrogen (secondary N) is 1. The van der Waals surface area contributed by atoms with Crippen LogP contribution in [0.5, 0.6) is 0 Å². The molecule has 1 aliphatic carbocycles. The van der Waals surface area contributed by atoms with Gasteiger partial charge in [0.1, 0.15) is 4.88 Å². The third kappa shape index (κ3) is 4.30. The zero-order valence-electron chi connectivity index (χ0n) is 12.7. The Balaban J connectivity index is 1.73. The molecule has 1 amide bonds. The molecule has 1 aromatic heterocycles. The number of thiazole rings is 1. The molecule has 0 saturated heterocycles. The number of carbonyl (C=O) groups excluding carboxylic acids is 1. The summed E-state index contributed by atoms with van der Waals surface area (Å²) in [5, 5.41) is 4.14. The van der Waals surface area contributed by atoms with Crippen molar-refractivity contribution < 1.29 is 4.79 Å². The second-order valence-corrected chi connectivity index (χ2v) is 6.90. The predicted octanol–water partition coefficient (Wildman–Crippen LogP) is 4.10. The summed E-state index contributed by atoms with van der Waals surface area (Å²) in [6.07, 6.45) is 10.0. The molecule has 0 radical (unpaired) electrons. The van der Waals surface area contributed by atoms with Crippen molar-refractivity contribution in [3.8, 4) is 0 Å². The largest absolute Gasteiger partial charge is 0.351 e. The number of nitrogens with zero attached hydrogens (tertiary/aromatic N) is 1. The molecule has 0 atom stereocenters. The summed E-state index contributed by atoms with van der Waals surface area (Å²) >= 11 is 1.55. The van der Waals surface area contributed by atoms with E-state index in [0.29, 0.717) is 0 Å². The molecule has 1 N–H and O–H groups in total. The minimum Gasteiger partial charge on any atom is -0.351 e. The first kappa shape index (κ1) is 15.5. The van der Waals surface area contributed by atoms with Crippen LogP contribution in [-0.4, -0.2) is 17.4 Å². The van der Waals surface area contributed by atoms with Gasteiger partial charge >= 0.3 is 0 Å². The average molecular weight is 294 g/mol. The maximum Gasteiger partial charge on any atom is 0.263 e. The van der Waals surface area contributed by atoms with Crippen LogP contribution in [0.2, 0.25) is 0 Å². The van der Waals surface area contributed by atoms with Crippen molar-refractivity contribution in [2.75, 3.05) is 6.54 Å². The Morgan fingerprint density at radius 2 is 2.15 bits per heavy atom. The highest BCUT2D eigenvalue weighted by molar-refractivity contribution is 7.13. The van der Waals surface area contributed by atoms with Gasteiger partial charge in [-0.1, -0.05) is 32.6 Å². The Morgan fingerprint density at radius 3 is 2.85 bits per heavy atom. The molecule has 1 saturated carbocycles. The first-order valence-corrected chi connectivity index (χ1v) is 8.77. The number of hydrogen-bond acceptors (Lipinski definition) is 3. The molecule has 0 unspecified atom stereocenters. The lowest BCUT2D eigenvalue weighted by Gasteiger charge is -2.08. The quantitative estimate of drug-likeness (QED) is 0.769. The summed E-state index contributed by atoms with van der Waals surface area (Å²) in [6, 6.07) is 0. The van der Waals surface area contributed by atoms with Crippen LogP contribution in [0.25, 0.3) is 0 Å². The summed E-state index contributed by atoms with van der Waals surface area (Å²) in [6.45, 7) is 4.87. The van der Waals surface area contributed by atoms with Gasteiger partial charge in [0.05, 0.1) is 10.7 Å². The van der Waals surface area contributed by atoms with Gasteiger partial charge in [0.25, 0.3) is 5.91 Å². The Labute approximate surface area is 126 Å². The monoisotopic (exact) mass is 294 g/mol. The SMILES string of the molecule is CCCc1nc(C)c(C(=O)NCCCC2CCCC2)s1. The summed E-state index contributed by atoms with van der Waals surface area (Å²) in [5.41, 5.74) is 0.881.